The molecule has 25 heavy (non-hydrogen) atoms. The Kier molecular flexibility index (Phi) is 5.82. The van der Waals surface area contributed by atoms with Gasteiger partial charge in [0.25, 0.3) is 0 Å². The highest BCUT2D eigenvalue weighted by atomic mass is 35.5. The molecule has 1 saturated heterocycles. The van der Waals surface area contributed by atoms with Crippen LogP contribution < -0.4 is 10.2 Å². The van der Waals surface area contributed by atoms with Crippen molar-refractivity contribution in [3.05, 3.63) is 65.2 Å². The van der Waals surface area contributed by atoms with Crippen LogP contribution in [0.5, 0.6) is 0 Å². The van der Waals surface area contributed by atoms with Gasteiger partial charge in [-0.25, -0.2) is 4.79 Å². The number of halogens is 1. The van der Waals surface area contributed by atoms with Gasteiger partial charge in [0.15, 0.2) is 0 Å². The number of nitrogens with zero attached hydrogens (tertiary/aromatic N) is 2. The molecule has 0 radical (unpaired) electrons. The van der Waals surface area contributed by atoms with E-state index in [1.807, 2.05) is 47.4 Å². The smallest absolute Gasteiger partial charge is 0.317 e. The molecule has 0 spiro atoms. The predicted molar refractivity (Wildman–Crippen MR) is 103 cm³/mol. The molecule has 1 atom stereocenters. The van der Waals surface area contributed by atoms with Gasteiger partial charge in [0.1, 0.15) is 0 Å². The van der Waals surface area contributed by atoms with Crippen molar-refractivity contribution in [3.63, 3.8) is 0 Å². The zero-order valence-electron chi connectivity index (χ0n) is 14.5. The Morgan fingerprint density at radius 2 is 1.68 bits per heavy atom. The molecule has 0 bridgehead atoms. The van der Waals surface area contributed by atoms with Gasteiger partial charge in [0.2, 0.25) is 0 Å². The Hall–Kier alpha value is -2.20. The normalized spacial score (nSPS) is 15.8. The van der Waals surface area contributed by atoms with Crippen LogP contribution in [0.4, 0.5) is 10.5 Å². The SMILES string of the molecule is C[C@@H](Cc1ccccc1)NC(=O)N1CCN(c2ccc(Cl)cc2)CC1. The molecular weight excluding hydrogens is 334 g/mol. The van der Waals surface area contributed by atoms with E-state index in [1.54, 1.807) is 0 Å². The zero-order chi connectivity index (χ0) is 17.6. The second-order valence-electron chi connectivity index (χ2n) is 6.49. The van der Waals surface area contributed by atoms with Crippen molar-refractivity contribution in [3.8, 4) is 0 Å². The highest BCUT2D eigenvalue weighted by Crippen LogP contribution is 2.19. The Balaban J connectivity index is 1.47. The lowest BCUT2D eigenvalue weighted by atomic mass is 10.1. The summed E-state index contributed by atoms with van der Waals surface area (Å²) >= 11 is 5.94. The van der Waals surface area contributed by atoms with Crippen molar-refractivity contribution >= 4 is 23.3 Å². The van der Waals surface area contributed by atoms with Crippen molar-refractivity contribution in [1.82, 2.24) is 10.2 Å². The summed E-state index contributed by atoms with van der Waals surface area (Å²) < 4.78 is 0. The first-order chi connectivity index (χ1) is 12.1. The third-order valence-electron chi connectivity index (χ3n) is 4.51. The van der Waals surface area contributed by atoms with Crippen molar-refractivity contribution < 1.29 is 4.79 Å². The van der Waals surface area contributed by atoms with Crippen molar-refractivity contribution in [2.75, 3.05) is 31.1 Å². The van der Waals surface area contributed by atoms with E-state index in [4.69, 9.17) is 11.6 Å². The molecule has 1 N–H and O–H groups in total. The van der Waals surface area contributed by atoms with Crippen molar-refractivity contribution in [2.24, 2.45) is 0 Å². The van der Waals surface area contributed by atoms with Crippen LogP contribution >= 0.6 is 11.6 Å². The molecule has 1 aliphatic rings. The third-order valence-corrected chi connectivity index (χ3v) is 4.77. The van der Waals surface area contributed by atoms with Gasteiger partial charge < -0.3 is 15.1 Å². The number of rotatable bonds is 4. The lowest BCUT2D eigenvalue weighted by Crippen LogP contribution is -2.53. The van der Waals surface area contributed by atoms with Crippen LogP contribution in [0.15, 0.2) is 54.6 Å². The highest BCUT2D eigenvalue weighted by molar-refractivity contribution is 6.30. The van der Waals surface area contributed by atoms with Crippen LogP contribution in [0.25, 0.3) is 0 Å². The summed E-state index contributed by atoms with van der Waals surface area (Å²) in [6, 6.07) is 18.2. The second-order valence-corrected chi connectivity index (χ2v) is 6.93. The van der Waals surface area contributed by atoms with Crippen molar-refractivity contribution in [2.45, 2.75) is 19.4 Å². The highest BCUT2D eigenvalue weighted by Gasteiger charge is 2.22. The number of carbonyl (C=O) groups excluding carboxylic acids is 1. The van der Waals surface area contributed by atoms with Gasteiger partial charge in [-0.05, 0) is 43.2 Å². The molecule has 5 heteroatoms. The number of nitrogens with one attached hydrogen (secondary N) is 1. The first-order valence-corrected chi connectivity index (χ1v) is 9.09. The van der Waals surface area contributed by atoms with E-state index in [0.29, 0.717) is 0 Å². The minimum absolute atomic E-state index is 0.0270. The van der Waals surface area contributed by atoms with Gasteiger partial charge in [-0.2, -0.15) is 0 Å². The van der Waals surface area contributed by atoms with Crippen LogP contribution in [0.2, 0.25) is 5.02 Å². The molecule has 0 aromatic heterocycles. The Morgan fingerprint density at radius 1 is 1.04 bits per heavy atom. The first-order valence-electron chi connectivity index (χ1n) is 8.72. The van der Waals surface area contributed by atoms with E-state index in [1.165, 1.54) is 5.56 Å². The molecule has 2 amide bonds. The summed E-state index contributed by atoms with van der Waals surface area (Å²) in [4.78, 5) is 16.6. The standard InChI is InChI=1S/C20H24ClN3O/c1-16(15-17-5-3-2-4-6-17)22-20(25)24-13-11-23(12-14-24)19-9-7-18(21)8-10-19/h2-10,16H,11-15H2,1H3,(H,22,25)/t16-/m0/s1. The minimum Gasteiger partial charge on any atom is -0.368 e. The maximum atomic E-state index is 12.5. The topological polar surface area (TPSA) is 35.6 Å². The molecule has 4 nitrogen and oxygen atoms in total. The summed E-state index contributed by atoms with van der Waals surface area (Å²) in [5.74, 6) is 0. The Morgan fingerprint density at radius 3 is 2.32 bits per heavy atom. The van der Waals surface area contributed by atoms with Gasteiger partial charge in [0.05, 0.1) is 0 Å². The first kappa shape index (κ1) is 17.6. The van der Waals surface area contributed by atoms with E-state index in [-0.39, 0.29) is 12.1 Å². The number of urea groups is 1. The molecule has 2 aromatic carbocycles. The molecule has 2 aromatic rings. The average molecular weight is 358 g/mol. The quantitative estimate of drug-likeness (QED) is 0.903. The molecule has 1 heterocycles. The molecule has 0 unspecified atom stereocenters. The number of hydrogen-bond donors (Lipinski definition) is 1. The minimum atomic E-state index is 0.0270. The van der Waals surface area contributed by atoms with E-state index >= 15 is 0 Å². The summed E-state index contributed by atoms with van der Waals surface area (Å²) in [5, 5.41) is 3.86. The van der Waals surface area contributed by atoms with Crippen molar-refractivity contribution in [1.29, 1.82) is 0 Å². The van der Waals surface area contributed by atoms with E-state index in [0.717, 1.165) is 43.3 Å². The fourth-order valence-corrected chi connectivity index (χ4v) is 3.27. The van der Waals surface area contributed by atoms with E-state index in [2.05, 4.69) is 29.3 Å². The van der Waals surface area contributed by atoms with Crippen LogP contribution in [0.3, 0.4) is 0 Å². The van der Waals surface area contributed by atoms with Gasteiger partial charge in [-0.1, -0.05) is 41.9 Å². The lowest BCUT2D eigenvalue weighted by Gasteiger charge is -2.36. The molecule has 1 fully saturated rings. The number of amides is 2. The molecule has 0 saturated carbocycles. The fraction of sp³-hybridized carbons (Fsp3) is 0.350. The van der Waals surface area contributed by atoms with Gasteiger partial charge in [-0.3, -0.25) is 0 Å². The number of benzene rings is 2. The number of anilines is 1. The van der Waals surface area contributed by atoms with E-state index in [9.17, 15) is 4.79 Å². The average Bonchev–Trinajstić information content (AvgIpc) is 2.63. The van der Waals surface area contributed by atoms with Crippen LogP contribution in [-0.4, -0.2) is 43.2 Å². The largest absolute Gasteiger partial charge is 0.368 e. The Bertz CT molecular complexity index is 682. The lowest BCUT2D eigenvalue weighted by molar-refractivity contribution is 0.191. The molecule has 132 valence electrons. The molecule has 1 aliphatic heterocycles. The Labute approximate surface area is 154 Å². The molecular formula is C20H24ClN3O. The summed E-state index contributed by atoms with van der Waals surface area (Å²) in [7, 11) is 0. The number of piperazine rings is 1. The summed E-state index contributed by atoms with van der Waals surface area (Å²) in [5.41, 5.74) is 2.39. The second kappa shape index (κ2) is 8.26. The van der Waals surface area contributed by atoms with Crippen LogP contribution in [0, 0.1) is 0 Å². The fourth-order valence-electron chi connectivity index (χ4n) is 3.14. The van der Waals surface area contributed by atoms with Gasteiger partial charge >= 0.3 is 6.03 Å². The summed E-state index contributed by atoms with van der Waals surface area (Å²) in [6.07, 6.45) is 0.845. The maximum Gasteiger partial charge on any atom is 0.317 e. The number of hydrogen-bond acceptors (Lipinski definition) is 2. The van der Waals surface area contributed by atoms with Gasteiger partial charge in [0, 0.05) is 42.9 Å². The third kappa shape index (κ3) is 4.89. The predicted octanol–water partition coefficient (Wildman–Crippen LogP) is 3.80. The van der Waals surface area contributed by atoms with Crippen LogP contribution in [-0.2, 0) is 6.42 Å². The van der Waals surface area contributed by atoms with Gasteiger partial charge in [-0.15, -0.1) is 0 Å². The molecule has 0 aliphatic carbocycles. The summed E-state index contributed by atoms with van der Waals surface area (Å²) in [6.45, 7) is 5.18. The van der Waals surface area contributed by atoms with Crippen LogP contribution in [0.1, 0.15) is 12.5 Å². The number of carbonyl (C=O) groups is 1. The van der Waals surface area contributed by atoms with E-state index < -0.39 is 0 Å². The molecule has 3 rings (SSSR count). The maximum absolute atomic E-state index is 12.5. The zero-order valence-corrected chi connectivity index (χ0v) is 15.2. The monoisotopic (exact) mass is 357 g/mol.